The van der Waals surface area contributed by atoms with Crippen molar-refractivity contribution in [2.45, 2.75) is 0 Å². The Labute approximate surface area is 101 Å². The smallest absolute Gasteiger partial charge is 1.00 e. The van der Waals surface area contributed by atoms with Gasteiger partial charge in [-0.2, -0.15) is 5.10 Å². The number of halogens is 1. The molecule has 0 aliphatic heterocycles. The van der Waals surface area contributed by atoms with Crippen LogP contribution in [0.1, 0.15) is 11.9 Å². The Morgan fingerprint density at radius 3 is 2.62 bits per heavy atom. The number of rotatable bonds is 3. The van der Waals surface area contributed by atoms with Crippen molar-refractivity contribution in [3.05, 3.63) is 48.3 Å². The first kappa shape index (κ1) is 12.4. The number of para-hydroxylation sites is 1. The number of carbonyl (C=O) groups is 1. The summed E-state index contributed by atoms with van der Waals surface area (Å²) in [5.41, 5.74) is 6.70. The topological polar surface area (TPSA) is 60.9 Å². The normalized spacial score (nSPS) is 9.56. The number of hydrogen-bond donors (Lipinski definition) is 1. The summed E-state index contributed by atoms with van der Waals surface area (Å²) in [6, 6.07) is 11.2. The molecule has 1 aromatic carbocycles. The van der Waals surface area contributed by atoms with Gasteiger partial charge in [-0.1, -0.05) is 18.2 Å². The first-order valence-corrected chi connectivity index (χ1v) is 4.65. The Bertz CT molecular complexity index is 473. The average molecular weight is 238 g/mol. The zero-order valence-electron chi connectivity index (χ0n) is 9.51. The summed E-state index contributed by atoms with van der Waals surface area (Å²) in [7, 11) is 0. The molecule has 0 radical (unpaired) electrons. The van der Waals surface area contributed by atoms with Gasteiger partial charge in [0.15, 0.2) is 5.78 Å². The number of ketones is 1. The molecule has 4 nitrogen and oxygen atoms in total. The van der Waals surface area contributed by atoms with Gasteiger partial charge in [0, 0.05) is 0 Å². The molecule has 2 aromatic rings. The number of nitrogens with zero attached hydrogens (tertiary/aromatic N) is 2. The van der Waals surface area contributed by atoms with Gasteiger partial charge in [0.1, 0.15) is 5.69 Å². The fourth-order valence-electron chi connectivity index (χ4n) is 1.39. The van der Waals surface area contributed by atoms with Gasteiger partial charge in [-0.3, -0.25) is 4.79 Å². The number of Topliss-reactive ketones (excluding diaryl/α,β-unsaturated/α-hetero) is 1. The van der Waals surface area contributed by atoms with Crippen LogP contribution >= 0.6 is 0 Å². The van der Waals surface area contributed by atoms with Crippen LogP contribution in [0.2, 0.25) is 0 Å². The molecule has 0 unspecified atom stereocenters. The van der Waals surface area contributed by atoms with Gasteiger partial charge >= 0.3 is 1.43 Å². The lowest BCUT2D eigenvalue weighted by Gasteiger charge is -2.04. The molecule has 0 spiro atoms. The molecule has 84 valence electrons. The van der Waals surface area contributed by atoms with Crippen molar-refractivity contribution in [2.24, 2.45) is 5.73 Å². The van der Waals surface area contributed by atoms with E-state index in [9.17, 15) is 4.79 Å². The Morgan fingerprint density at radius 1 is 1.31 bits per heavy atom. The zero-order valence-corrected chi connectivity index (χ0v) is 9.26. The van der Waals surface area contributed by atoms with Gasteiger partial charge < -0.3 is 18.1 Å². The van der Waals surface area contributed by atoms with Crippen LogP contribution in [0.3, 0.4) is 0 Å². The van der Waals surface area contributed by atoms with E-state index in [0.717, 1.165) is 5.69 Å². The summed E-state index contributed by atoms with van der Waals surface area (Å²) >= 11 is 0. The van der Waals surface area contributed by atoms with Crippen molar-refractivity contribution >= 4 is 5.78 Å². The molecule has 0 saturated carbocycles. The minimum atomic E-state index is -0.114. The number of hydrogen-bond acceptors (Lipinski definition) is 3. The van der Waals surface area contributed by atoms with Crippen molar-refractivity contribution in [1.82, 2.24) is 9.78 Å². The van der Waals surface area contributed by atoms with Gasteiger partial charge in [-0.25, -0.2) is 4.68 Å². The molecule has 0 amide bonds. The largest absolute Gasteiger partial charge is 1.00 e. The monoisotopic (exact) mass is 237 g/mol. The number of carbonyl (C=O) groups excluding carboxylic acids is 1. The Balaban J connectivity index is 0.00000128. The molecule has 16 heavy (non-hydrogen) atoms. The van der Waals surface area contributed by atoms with E-state index in [-0.39, 0.29) is 26.2 Å². The lowest BCUT2D eigenvalue weighted by Crippen LogP contribution is -3.00. The van der Waals surface area contributed by atoms with Gasteiger partial charge in [0.2, 0.25) is 0 Å². The quantitative estimate of drug-likeness (QED) is 0.637. The van der Waals surface area contributed by atoms with Gasteiger partial charge in [-0.15, -0.1) is 0 Å². The molecule has 0 atom stereocenters. The van der Waals surface area contributed by atoms with E-state index in [2.05, 4.69) is 5.10 Å². The van der Waals surface area contributed by atoms with Crippen LogP contribution < -0.4 is 18.1 Å². The van der Waals surface area contributed by atoms with Gasteiger partial charge in [0.25, 0.3) is 0 Å². The molecule has 0 aliphatic carbocycles. The Kier molecular flexibility index (Phi) is 4.22. The van der Waals surface area contributed by atoms with E-state index in [1.165, 1.54) is 0 Å². The second-order valence-electron chi connectivity index (χ2n) is 3.09. The maximum absolute atomic E-state index is 11.5. The van der Waals surface area contributed by atoms with E-state index < -0.39 is 0 Å². The lowest BCUT2D eigenvalue weighted by atomic mass is 10.2. The highest BCUT2D eigenvalue weighted by molar-refractivity contribution is 5.96. The maximum atomic E-state index is 11.5. The molecular weight excluding hydrogens is 226 g/mol. The lowest BCUT2D eigenvalue weighted by molar-refractivity contribution is -0.0000107. The van der Waals surface area contributed by atoms with Crippen molar-refractivity contribution in [3.8, 4) is 5.69 Å². The summed E-state index contributed by atoms with van der Waals surface area (Å²) < 4.78 is 1.59. The summed E-state index contributed by atoms with van der Waals surface area (Å²) in [5, 5.41) is 4.10. The number of nitrogens with two attached hydrogens (primary N) is 1. The number of benzene rings is 1. The van der Waals surface area contributed by atoms with Crippen LogP contribution in [0, 0.1) is 0 Å². The Hall–Kier alpha value is -1.65. The third-order valence-corrected chi connectivity index (χ3v) is 2.11. The van der Waals surface area contributed by atoms with Crippen LogP contribution in [0.25, 0.3) is 5.69 Å². The fraction of sp³-hybridized carbons (Fsp3) is 0.0909. The standard InChI is InChI=1S/C11H11N3O.ClH/c12-8-11(15)10-6-7-13-14(10)9-4-2-1-3-5-9;/h1-7H,8,12H2;1H. The van der Waals surface area contributed by atoms with Crippen LogP contribution in [-0.2, 0) is 0 Å². The SMILES string of the molecule is NCC(=O)c1ccnn1-c1ccccc1.[Cl-].[H+]. The molecule has 1 aromatic heterocycles. The Morgan fingerprint density at radius 2 is 2.00 bits per heavy atom. The minimum absolute atomic E-state index is 0. The third-order valence-electron chi connectivity index (χ3n) is 2.11. The second-order valence-corrected chi connectivity index (χ2v) is 3.09. The maximum Gasteiger partial charge on any atom is 1.00 e. The van der Waals surface area contributed by atoms with Crippen LogP contribution in [0.15, 0.2) is 42.6 Å². The van der Waals surface area contributed by atoms with Crippen molar-refractivity contribution in [1.29, 1.82) is 0 Å². The predicted octanol–water partition coefficient (Wildman–Crippen LogP) is -1.87. The molecule has 2 N–H and O–H groups in total. The summed E-state index contributed by atoms with van der Waals surface area (Å²) in [6.45, 7) is -0.00146. The molecular formula is C11H12ClN3O. The first-order chi connectivity index (χ1) is 7.33. The van der Waals surface area contributed by atoms with E-state index >= 15 is 0 Å². The van der Waals surface area contributed by atoms with Crippen molar-refractivity contribution in [3.63, 3.8) is 0 Å². The van der Waals surface area contributed by atoms with Crippen molar-refractivity contribution in [2.75, 3.05) is 6.54 Å². The highest BCUT2D eigenvalue weighted by atomic mass is 35.5. The molecule has 0 bridgehead atoms. The highest BCUT2D eigenvalue weighted by Crippen LogP contribution is 2.09. The van der Waals surface area contributed by atoms with Crippen molar-refractivity contribution < 1.29 is 18.6 Å². The molecule has 2 rings (SSSR count). The van der Waals surface area contributed by atoms with Crippen LogP contribution in [0.5, 0.6) is 0 Å². The minimum Gasteiger partial charge on any atom is -1.00 e. The molecule has 5 heteroatoms. The third kappa shape index (κ3) is 2.29. The van der Waals surface area contributed by atoms with E-state index in [1.54, 1.807) is 16.9 Å². The molecule has 0 saturated heterocycles. The number of aromatic nitrogens is 2. The van der Waals surface area contributed by atoms with Gasteiger partial charge in [-0.05, 0) is 18.2 Å². The predicted molar refractivity (Wildman–Crippen MR) is 58.1 cm³/mol. The van der Waals surface area contributed by atoms with E-state index in [1.807, 2.05) is 30.3 Å². The summed E-state index contributed by atoms with van der Waals surface area (Å²) in [5.74, 6) is -0.114. The van der Waals surface area contributed by atoms with E-state index in [0.29, 0.717) is 5.69 Å². The van der Waals surface area contributed by atoms with E-state index in [4.69, 9.17) is 5.73 Å². The summed E-state index contributed by atoms with van der Waals surface area (Å²) in [6.07, 6.45) is 1.59. The highest BCUT2D eigenvalue weighted by Gasteiger charge is 2.10. The molecule has 1 heterocycles. The molecule has 0 fully saturated rings. The fourth-order valence-corrected chi connectivity index (χ4v) is 1.39. The molecule has 0 aliphatic rings. The van der Waals surface area contributed by atoms with Crippen LogP contribution in [-0.4, -0.2) is 22.1 Å². The second kappa shape index (κ2) is 5.44. The van der Waals surface area contributed by atoms with Gasteiger partial charge in [0.05, 0.1) is 18.4 Å². The van der Waals surface area contributed by atoms with Crippen LogP contribution in [0.4, 0.5) is 0 Å². The first-order valence-electron chi connectivity index (χ1n) is 4.65. The summed E-state index contributed by atoms with van der Waals surface area (Å²) in [4.78, 5) is 11.5. The average Bonchev–Trinajstić information content (AvgIpc) is 2.78. The zero-order chi connectivity index (χ0) is 10.7.